The zero-order valence-electron chi connectivity index (χ0n) is 10.4. The predicted molar refractivity (Wildman–Crippen MR) is 74.2 cm³/mol. The number of carboxylic acid groups (broad SMARTS) is 2. The molecule has 0 saturated carbocycles. The van der Waals surface area contributed by atoms with Crippen molar-refractivity contribution >= 4 is 30.5 Å². The molecule has 0 aromatic heterocycles. The Morgan fingerprint density at radius 1 is 1.21 bits per heavy atom. The Bertz CT molecular complexity index is 302. The number of hydrogen-bond acceptors (Lipinski definition) is 6. The van der Waals surface area contributed by atoms with Crippen LogP contribution < -0.4 is 22.5 Å². The van der Waals surface area contributed by atoms with Crippen LogP contribution in [0.4, 0.5) is 0 Å². The van der Waals surface area contributed by atoms with Gasteiger partial charge in [0.05, 0.1) is 0 Å². The van der Waals surface area contributed by atoms with E-state index in [1.807, 2.05) is 0 Å². The Balaban J connectivity index is 0. The van der Waals surface area contributed by atoms with Crippen LogP contribution in [0.5, 0.6) is 0 Å². The van der Waals surface area contributed by atoms with E-state index in [0.717, 1.165) is 0 Å². The van der Waals surface area contributed by atoms with Gasteiger partial charge in [-0.25, -0.2) is 0 Å². The Morgan fingerprint density at radius 2 is 1.68 bits per heavy atom. The summed E-state index contributed by atoms with van der Waals surface area (Å²) in [6, 6.07) is -1.64. The third-order valence-corrected chi connectivity index (χ3v) is 2.23. The fourth-order valence-electron chi connectivity index (χ4n) is 0.747. The molecule has 19 heavy (non-hydrogen) atoms. The van der Waals surface area contributed by atoms with Gasteiger partial charge >= 0.3 is 11.9 Å². The van der Waals surface area contributed by atoms with Crippen molar-refractivity contribution in [3.63, 3.8) is 0 Å². The molecule has 0 aliphatic heterocycles. The summed E-state index contributed by atoms with van der Waals surface area (Å²) < 4.78 is 0. The summed E-state index contributed by atoms with van der Waals surface area (Å²) in [4.78, 5) is 20.0. The van der Waals surface area contributed by atoms with Crippen LogP contribution in [0.25, 0.3) is 0 Å². The summed E-state index contributed by atoms with van der Waals surface area (Å²) in [6.07, 6.45) is 0.975. The van der Waals surface area contributed by atoms with Crippen molar-refractivity contribution in [3.8, 4) is 0 Å². The van der Waals surface area contributed by atoms with Gasteiger partial charge in [-0.05, 0) is 12.8 Å². The molecule has 0 unspecified atom stereocenters. The molecule has 0 bridgehead atoms. The van der Waals surface area contributed by atoms with Crippen LogP contribution in [0.1, 0.15) is 12.8 Å². The number of nitrogens with two attached hydrogens (primary N) is 3. The van der Waals surface area contributed by atoms with E-state index in [2.05, 4.69) is 17.9 Å². The minimum Gasteiger partial charge on any atom is -0.480 e. The van der Waals surface area contributed by atoms with E-state index in [1.165, 1.54) is 0 Å². The molecule has 2 atom stereocenters. The maximum absolute atomic E-state index is 10.2. The van der Waals surface area contributed by atoms with Crippen LogP contribution in [0.3, 0.4) is 0 Å². The number of nitrogens with one attached hydrogen (secondary N) is 2. The van der Waals surface area contributed by atoms with E-state index in [-0.39, 0.29) is 11.7 Å². The lowest BCUT2D eigenvalue weighted by Crippen LogP contribution is -2.34. The molecule has 0 heterocycles. The van der Waals surface area contributed by atoms with E-state index >= 15 is 0 Å². The average Bonchev–Trinajstić information content (AvgIpc) is 2.33. The number of aliphatic carboxylic acids is 2. The van der Waals surface area contributed by atoms with Crippen LogP contribution in [-0.4, -0.2) is 52.5 Å². The van der Waals surface area contributed by atoms with Crippen molar-refractivity contribution in [1.29, 1.82) is 5.41 Å². The second kappa shape index (κ2) is 11.6. The monoisotopic (exact) mass is 295 g/mol. The van der Waals surface area contributed by atoms with Gasteiger partial charge < -0.3 is 32.7 Å². The molecule has 9 nitrogen and oxygen atoms in total. The smallest absolute Gasteiger partial charge is 0.321 e. The first-order valence-corrected chi connectivity index (χ1v) is 6.01. The first-order chi connectivity index (χ1) is 8.72. The Kier molecular flexibility index (Phi) is 12.1. The summed E-state index contributed by atoms with van der Waals surface area (Å²) in [5, 5.41) is 25.7. The first kappa shape index (κ1) is 19.8. The molecule has 0 spiro atoms. The summed E-state index contributed by atoms with van der Waals surface area (Å²) >= 11 is 3.65. The third-order valence-electron chi connectivity index (χ3n) is 1.84. The van der Waals surface area contributed by atoms with Crippen LogP contribution in [0.15, 0.2) is 0 Å². The molecular weight excluding hydrogens is 274 g/mol. The molecule has 10 heteroatoms. The maximum atomic E-state index is 10.2. The fraction of sp³-hybridized carbons (Fsp3) is 0.667. The Hall–Kier alpha value is -1.52. The SMILES string of the molecule is N=C(N)NCCC[C@H](N)C(=O)O.N[C@@H](CS)C(=O)O. The molecule has 0 aromatic rings. The number of thiol groups is 1. The van der Waals surface area contributed by atoms with Gasteiger partial charge in [-0.2, -0.15) is 12.6 Å². The van der Waals surface area contributed by atoms with E-state index in [1.54, 1.807) is 0 Å². The van der Waals surface area contributed by atoms with Crippen LogP contribution >= 0.6 is 12.6 Å². The Labute approximate surface area is 116 Å². The van der Waals surface area contributed by atoms with Crippen molar-refractivity contribution in [2.45, 2.75) is 24.9 Å². The molecule has 0 rings (SSSR count). The zero-order chi connectivity index (χ0) is 15.4. The number of guanidine groups is 1. The molecule has 0 saturated heterocycles. The van der Waals surface area contributed by atoms with E-state index in [4.69, 9.17) is 32.8 Å². The molecule has 0 aromatic carbocycles. The molecule has 10 N–H and O–H groups in total. The van der Waals surface area contributed by atoms with Gasteiger partial charge in [-0.15, -0.1) is 0 Å². The van der Waals surface area contributed by atoms with Gasteiger partial charge in [-0.3, -0.25) is 15.0 Å². The lowest BCUT2D eigenvalue weighted by molar-refractivity contribution is -0.139. The van der Waals surface area contributed by atoms with E-state index in [0.29, 0.717) is 19.4 Å². The predicted octanol–water partition coefficient (Wildman–Crippen LogP) is -2.01. The second-order valence-electron chi connectivity index (χ2n) is 3.55. The second-order valence-corrected chi connectivity index (χ2v) is 3.92. The van der Waals surface area contributed by atoms with Gasteiger partial charge in [0.15, 0.2) is 5.96 Å². The van der Waals surface area contributed by atoms with Crippen LogP contribution in [0.2, 0.25) is 0 Å². The topological polar surface area (TPSA) is 189 Å². The molecule has 0 fully saturated rings. The lowest BCUT2D eigenvalue weighted by atomic mass is 10.2. The summed E-state index contributed by atoms with van der Waals surface area (Å²) in [6.45, 7) is 0.482. The first-order valence-electron chi connectivity index (χ1n) is 5.37. The zero-order valence-corrected chi connectivity index (χ0v) is 11.3. The van der Waals surface area contributed by atoms with Gasteiger partial charge in [0.25, 0.3) is 0 Å². The quantitative estimate of drug-likeness (QED) is 0.114. The van der Waals surface area contributed by atoms with Gasteiger partial charge in [0, 0.05) is 12.3 Å². The van der Waals surface area contributed by atoms with Gasteiger partial charge in [-0.1, -0.05) is 0 Å². The van der Waals surface area contributed by atoms with Crippen molar-refractivity contribution in [1.82, 2.24) is 5.32 Å². The summed E-state index contributed by atoms with van der Waals surface area (Å²) in [7, 11) is 0. The lowest BCUT2D eigenvalue weighted by Gasteiger charge is -2.06. The van der Waals surface area contributed by atoms with Crippen LogP contribution in [-0.2, 0) is 9.59 Å². The molecule has 112 valence electrons. The van der Waals surface area contributed by atoms with E-state index < -0.39 is 24.0 Å². The summed E-state index contributed by atoms with van der Waals surface area (Å²) in [5.41, 5.74) is 15.2. The minimum atomic E-state index is -1.00. The highest BCUT2D eigenvalue weighted by Gasteiger charge is 2.09. The molecule has 0 radical (unpaired) electrons. The minimum absolute atomic E-state index is 0.112. The van der Waals surface area contributed by atoms with Crippen molar-refractivity contribution in [2.75, 3.05) is 12.3 Å². The van der Waals surface area contributed by atoms with Crippen molar-refractivity contribution in [3.05, 3.63) is 0 Å². The molecule has 0 aliphatic rings. The maximum Gasteiger partial charge on any atom is 0.321 e. The van der Waals surface area contributed by atoms with E-state index in [9.17, 15) is 9.59 Å². The largest absolute Gasteiger partial charge is 0.480 e. The summed E-state index contributed by atoms with van der Waals surface area (Å²) in [5.74, 6) is -1.93. The number of hydrogen-bond donors (Lipinski definition) is 8. The highest BCUT2D eigenvalue weighted by Crippen LogP contribution is 1.92. The third kappa shape index (κ3) is 14.4. The fourth-order valence-corrected chi connectivity index (χ4v) is 0.903. The number of carboxylic acids is 2. The average molecular weight is 295 g/mol. The molecule has 0 amide bonds. The van der Waals surface area contributed by atoms with Crippen molar-refractivity contribution < 1.29 is 19.8 Å². The highest BCUT2D eigenvalue weighted by atomic mass is 32.1. The number of carbonyl (C=O) groups is 2. The number of rotatable bonds is 7. The van der Waals surface area contributed by atoms with Crippen molar-refractivity contribution in [2.24, 2.45) is 17.2 Å². The highest BCUT2D eigenvalue weighted by molar-refractivity contribution is 7.80. The Morgan fingerprint density at radius 3 is 1.95 bits per heavy atom. The molecule has 0 aliphatic carbocycles. The standard InChI is InChI=1S/C6H14N4O2.C3H7NO2S/c7-4(5(11)12)2-1-3-10-6(8)9;4-2(1-7)3(5)6/h4H,1-3,7H2,(H,11,12)(H4,8,9,10);2,7H,1,4H2,(H,5,6)/t4-;2-/m00/s1. The van der Waals surface area contributed by atoms with Gasteiger partial charge in [0.2, 0.25) is 0 Å². The van der Waals surface area contributed by atoms with Crippen LogP contribution in [0, 0.1) is 5.41 Å². The van der Waals surface area contributed by atoms with Gasteiger partial charge in [0.1, 0.15) is 12.1 Å². The molecular formula is C9H21N5O4S. The normalized spacial score (nSPS) is 12.6.